The number of rotatable bonds is 4. The van der Waals surface area contributed by atoms with Crippen LogP contribution in [0.2, 0.25) is 0 Å². The van der Waals surface area contributed by atoms with Gasteiger partial charge in [-0.2, -0.15) is 0 Å². The van der Waals surface area contributed by atoms with Crippen molar-refractivity contribution in [1.29, 1.82) is 0 Å². The molecule has 3 aliphatic rings. The zero-order chi connectivity index (χ0) is 21.4. The van der Waals surface area contributed by atoms with Gasteiger partial charge in [-0.1, -0.05) is 25.0 Å². The van der Waals surface area contributed by atoms with Gasteiger partial charge in [0.15, 0.2) is 0 Å². The molecule has 3 heterocycles. The molecule has 2 aromatic rings. The van der Waals surface area contributed by atoms with Crippen molar-refractivity contribution in [3.8, 4) is 5.75 Å². The second kappa shape index (κ2) is 8.61. The first-order valence-corrected chi connectivity index (χ1v) is 12.2. The quantitative estimate of drug-likeness (QED) is 0.727. The molecule has 3 atom stereocenters. The number of carbonyl (C=O) groups is 2. The Balaban J connectivity index is 1.43. The highest BCUT2D eigenvalue weighted by atomic mass is 32.1. The number of benzene rings is 1. The van der Waals surface area contributed by atoms with E-state index in [9.17, 15) is 9.59 Å². The van der Waals surface area contributed by atoms with Crippen LogP contribution < -0.4 is 4.74 Å². The lowest BCUT2D eigenvalue weighted by atomic mass is 9.81. The summed E-state index contributed by atoms with van der Waals surface area (Å²) in [5.41, 5.74) is 3.42. The molecule has 6 nitrogen and oxygen atoms in total. The van der Waals surface area contributed by atoms with E-state index in [1.54, 1.807) is 12.6 Å². The van der Waals surface area contributed by atoms with Crippen molar-refractivity contribution in [1.82, 2.24) is 14.8 Å². The van der Waals surface area contributed by atoms with Gasteiger partial charge in [-0.05, 0) is 37.0 Å². The molecular weight excluding hydrogens is 410 g/mol. The number of ether oxygens (including phenoxy) is 1. The Morgan fingerprint density at radius 3 is 2.74 bits per heavy atom. The number of hydrogen-bond donors (Lipinski definition) is 0. The fourth-order valence-corrected chi connectivity index (χ4v) is 6.31. The molecule has 0 unspecified atom stereocenters. The summed E-state index contributed by atoms with van der Waals surface area (Å²) < 4.78 is 5.46. The maximum absolute atomic E-state index is 13.4. The van der Waals surface area contributed by atoms with Crippen LogP contribution in [-0.2, 0) is 4.79 Å². The number of methoxy groups -OCH3 is 1. The molecule has 0 spiro atoms. The van der Waals surface area contributed by atoms with E-state index in [-0.39, 0.29) is 29.7 Å². The topological polar surface area (TPSA) is 62.7 Å². The second-order valence-corrected chi connectivity index (χ2v) is 9.72. The molecule has 3 fully saturated rings. The molecule has 0 radical (unpaired) electrons. The molecule has 1 saturated carbocycles. The highest BCUT2D eigenvalue weighted by molar-refractivity contribution is 7.07. The number of thiazole rings is 1. The minimum atomic E-state index is 0.00432. The van der Waals surface area contributed by atoms with Crippen molar-refractivity contribution in [2.24, 2.45) is 11.8 Å². The average Bonchev–Trinajstić information content (AvgIpc) is 3.58. The molecule has 2 amide bonds. The van der Waals surface area contributed by atoms with Crippen LogP contribution in [0, 0.1) is 11.8 Å². The van der Waals surface area contributed by atoms with Crippen LogP contribution in [0.1, 0.15) is 54.1 Å². The largest absolute Gasteiger partial charge is 0.497 e. The number of carbonyl (C=O) groups excluding carboxylic acids is 2. The molecule has 7 heteroatoms. The average molecular weight is 440 g/mol. The van der Waals surface area contributed by atoms with Gasteiger partial charge in [0.2, 0.25) is 5.91 Å². The van der Waals surface area contributed by atoms with Crippen LogP contribution in [0.3, 0.4) is 0 Å². The third kappa shape index (κ3) is 3.84. The maximum Gasteiger partial charge on any atom is 0.273 e. The Labute approximate surface area is 187 Å². The van der Waals surface area contributed by atoms with E-state index >= 15 is 0 Å². The van der Waals surface area contributed by atoms with Gasteiger partial charge in [-0.15, -0.1) is 11.3 Å². The van der Waals surface area contributed by atoms with Gasteiger partial charge in [0.05, 0.1) is 12.6 Å². The third-order valence-electron chi connectivity index (χ3n) is 7.38. The summed E-state index contributed by atoms with van der Waals surface area (Å²) in [6.07, 6.45) is 5.19. The summed E-state index contributed by atoms with van der Waals surface area (Å²) in [4.78, 5) is 34.7. The molecule has 0 N–H and O–H groups in total. The lowest BCUT2D eigenvalue weighted by molar-refractivity contribution is -0.137. The summed E-state index contributed by atoms with van der Waals surface area (Å²) in [6, 6.07) is 8.40. The number of aromatic nitrogens is 1. The summed E-state index contributed by atoms with van der Waals surface area (Å²) >= 11 is 1.45. The molecule has 1 aromatic carbocycles. The Morgan fingerprint density at radius 1 is 1.16 bits per heavy atom. The zero-order valence-electron chi connectivity index (χ0n) is 17.9. The standard InChI is InChI=1S/C24H29N3O3S/c1-30-18-8-4-7-17(11-18)19-13-27(23(28)16-5-2-3-6-16)22-9-10-26(12-20(19)22)24(29)21-14-31-15-25-21/h4,7-8,11,14-16,19-20,22H,2-3,5-6,9-10,12-13H2,1H3/t19-,20-,22-/m1/s1. The highest BCUT2D eigenvalue weighted by Gasteiger charge is 2.49. The first-order valence-electron chi connectivity index (χ1n) is 11.3. The molecule has 1 aromatic heterocycles. The van der Waals surface area contributed by atoms with Crippen molar-refractivity contribution in [3.05, 3.63) is 46.4 Å². The third-order valence-corrected chi connectivity index (χ3v) is 7.97. The van der Waals surface area contributed by atoms with Gasteiger partial charge in [-0.25, -0.2) is 4.98 Å². The Bertz CT molecular complexity index is 941. The normalized spacial score (nSPS) is 26.2. The van der Waals surface area contributed by atoms with Crippen molar-refractivity contribution >= 4 is 23.2 Å². The van der Waals surface area contributed by atoms with E-state index in [1.807, 2.05) is 22.4 Å². The van der Waals surface area contributed by atoms with Crippen molar-refractivity contribution in [2.75, 3.05) is 26.7 Å². The number of nitrogens with zero attached hydrogens (tertiary/aromatic N) is 3. The van der Waals surface area contributed by atoms with Gasteiger partial charge in [-0.3, -0.25) is 9.59 Å². The summed E-state index contributed by atoms with van der Waals surface area (Å²) in [6.45, 7) is 2.07. The minimum Gasteiger partial charge on any atom is -0.497 e. The van der Waals surface area contributed by atoms with Gasteiger partial charge in [0.25, 0.3) is 5.91 Å². The van der Waals surface area contributed by atoms with Gasteiger partial charge in [0.1, 0.15) is 11.4 Å². The zero-order valence-corrected chi connectivity index (χ0v) is 18.7. The number of amides is 2. The fourth-order valence-electron chi connectivity index (χ4n) is 5.78. The predicted molar refractivity (Wildman–Crippen MR) is 119 cm³/mol. The van der Waals surface area contributed by atoms with Crippen molar-refractivity contribution in [3.63, 3.8) is 0 Å². The van der Waals surface area contributed by atoms with E-state index in [1.165, 1.54) is 16.9 Å². The SMILES string of the molecule is COc1cccc([C@H]2CN(C(=O)C3CCCC3)[C@@H]3CCN(C(=O)c4cscn4)C[C@H]23)c1. The molecule has 1 aliphatic carbocycles. The smallest absolute Gasteiger partial charge is 0.273 e. The van der Waals surface area contributed by atoms with E-state index in [2.05, 4.69) is 22.0 Å². The summed E-state index contributed by atoms with van der Waals surface area (Å²) in [5, 5.41) is 1.82. The second-order valence-electron chi connectivity index (χ2n) is 9.00. The van der Waals surface area contributed by atoms with Crippen LogP contribution in [0.15, 0.2) is 35.2 Å². The molecule has 2 aliphatic heterocycles. The van der Waals surface area contributed by atoms with Gasteiger partial charge >= 0.3 is 0 Å². The molecule has 164 valence electrons. The molecule has 31 heavy (non-hydrogen) atoms. The fraction of sp³-hybridized carbons (Fsp3) is 0.542. The number of likely N-dealkylation sites (tertiary alicyclic amines) is 2. The molecule has 0 bridgehead atoms. The Kier molecular flexibility index (Phi) is 5.69. The number of piperidine rings is 1. The van der Waals surface area contributed by atoms with E-state index in [0.717, 1.165) is 44.4 Å². The predicted octanol–water partition coefficient (Wildman–Crippen LogP) is 3.80. The Hall–Kier alpha value is -2.41. The monoisotopic (exact) mass is 439 g/mol. The summed E-state index contributed by atoms with van der Waals surface area (Å²) in [5.74, 6) is 1.78. The van der Waals surface area contributed by atoms with E-state index in [4.69, 9.17) is 4.74 Å². The lowest BCUT2D eigenvalue weighted by Gasteiger charge is -2.39. The van der Waals surface area contributed by atoms with Crippen molar-refractivity contribution < 1.29 is 14.3 Å². The molecular formula is C24H29N3O3S. The van der Waals surface area contributed by atoms with E-state index in [0.29, 0.717) is 24.7 Å². The molecule has 5 rings (SSSR count). The van der Waals surface area contributed by atoms with Crippen LogP contribution in [0.4, 0.5) is 0 Å². The number of hydrogen-bond acceptors (Lipinski definition) is 5. The highest BCUT2D eigenvalue weighted by Crippen LogP contribution is 2.44. The maximum atomic E-state index is 13.4. The summed E-state index contributed by atoms with van der Waals surface area (Å²) in [7, 11) is 1.68. The Morgan fingerprint density at radius 2 is 2.00 bits per heavy atom. The first-order chi connectivity index (χ1) is 15.2. The van der Waals surface area contributed by atoms with Crippen LogP contribution in [0.25, 0.3) is 0 Å². The van der Waals surface area contributed by atoms with Gasteiger partial charge in [0, 0.05) is 48.8 Å². The minimum absolute atomic E-state index is 0.00432. The van der Waals surface area contributed by atoms with Crippen LogP contribution in [-0.4, -0.2) is 59.4 Å². The van der Waals surface area contributed by atoms with Crippen molar-refractivity contribution in [2.45, 2.75) is 44.1 Å². The lowest BCUT2D eigenvalue weighted by Crippen LogP contribution is -2.50. The first kappa shape index (κ1) is 20.5. The van der Waals surface area contributed by atoms with E-state index < -0.39 is 0 Å². The molecule has 2 saturated heterocycles. The van der Waals surface area contributed by atoms with Crippen LogP contribution >= 0.6 is 11.3 Å². The van der Waals surface area contributed by atoms with Gasteiger partial charge < -0.3 is 14.5 Å². The number of fused-ring (bicyclic) bond motifs is 1. The van der Waals surface area contributed by atoms with Crippen LogP contribution in [0.5, 0.6) is 5.75 Å².